The maximum absolute atomic E-state index is 12.7. The molecule has 2 atom stereocenters. The fourth-order valence-corrected chi connectivity index (χ4v) is 5.43. The summed E-state index contributed by atoms with van der Waals surface area (Å²) in [5.41, 5.74) is 0.742. The van der Waals surface area contributed by atoms with Gasteiger partial charge in [0.15, 0.2) is 0 Å². The van der Waals surface area contributed by atoms with Crippen LogP contribution in [0.1, 0.15) is 29.6 Å². The lowest BCUT2D eigenvalue weighted by Gasteiger charge is -2.35. The minimum atomic E-state index is 0.0909. The zero-order valence-corrected chi connectivity index (χ0v) is 14.0. The van der Waals surface area contributed by atoms with Crippen molar-refractivity contribution >= 4 is 23.6 Å². The van der Waals surface area contributed by atoms with Gasteiger partial charge in [0.05, 0.1) is 0 Å². The Morgan fingerprint density at radius 2 is 1.83 bits per heavy atom. The van der Waals surface area contributed by atoms with Crippen molar-refractivity contribution in [1.29, 1.82) is 0 Å². The van der Waals surface area contributed by atoms with Crippen LogP contribution in [0.5, 0.6) is 0 Å². The van der Waals surface area contributed by atoms with Gasteiger partial charge in [-0.15, -0.1) is 0 Å². The van der Waals surface area contributed by atoms with Gasteiger partial charge in [-0.1, -0.05) is 18.2 Å². The number of fused-ring (bicyclic) bond motifs is 2. The third-order valence-electron chi connectivity index (χ3n) is 5.34. The minimum Gasteiger partial charge on any atom is -0.339 e. The molecule has 1 aromatic carbocycles. The van der Waals surface area contributed by atoms with Crippen LogP contribution in [0.3, 0.4) is 0 Å². The molecule has 4 rings (SSSR count). The smallest absolute Gasteiger partial charge is 0.253 e. The Labute approximate surface area is 141 Å². The summed E-state index contributed by atoms with van der Waals surface area (Å²) in [6.45, 7) is 2.33. The Balaban J connectivity index is 1.34. The van der Waals surface area contributed by atoms with E-state index in [1.54, 1.807) is 0 Å². The molecule has 0 radical (unpaired) electrons. The van der Waals surface area contributed by atoms with Gasteiger partial charge < -0.3 is 9.80 Å². The van der Waals surface area contributed by atoms with Crippen molar-refractivity contribution in [3.63, 3.8) is 0 Å². The van der Waals surface area contributed by atoms with E-state index >= 15 is 0 Å². The predicted molar refractivity (Wildman–Crippen MR) is 91.4 cm³/mol. The van der Waals surface area contributed by atoms with E-state index in [1.165, 1.54) is 6.42 Å². The van der Waals surface area contributed by atoms with Crippen molar-refractivity contribution in [3.8, 4) is 0 Å². The quantitative estimate of drug-likeness (QED) is 0.835. The number of rotatable bonds is 2. The van der Waals surface area contributed by atoms with Crippen LogP contribution in [-0.2, 0) is 4.79 Å². The first kappa shape index (κ1) is 15.1. The summed E-state index contributed by atoms with van der Waals surface area (Å²) in [5, 5.41) is 0.670. The van der Waals surface area contributed by atoms with E-state index in [4.69, 9.17) is 0 Å². The highest BCUT2D eigenvalue weighted by molar-refractivity contribution is 8.00. The molecule has 3 saturated heterocycles. The van der Waals surface area contributed by atoms with Gasteiger partial charge in [0, 0.05) is 48.2 Å². The number of piperidine rings is 1. The Bertz CT molecular complexity index is 598. The van der Waals surface area contributed by atoms with Crippen molar-refractivity contribution in [2.75, 3.05) is 25.4 Å². The van der Waals surface area contributed by atoms with Crippen LogP contribution in [-0.4, -0.2) is 58.3 Å². The molecule has 3 aliphatic rings. The van der Waals surface area contributed by atoms with Crippen molar-refractivity contribution < 1.29 is 9.59 Å². The second kappa shape index (κ2) is 6.19. The number of likely N-dealkylation sites (tertiary alicyclic amines) is 2. The molecule has 122 valence electrons. The summed E-state index contributed by atoms with van der Waals surface area (Å²) in [7, 11) is 0. The van der Waals surface area contributed by atoms with Gasteiger partial charge in [-0.2, -0.15) is 11.8 Å². The maximum Gasteiger partial charge on any atom is 0.253 e. The highest BCUT2D eigenvalue weighted by atomic mass is 32.2. The summed E-state index contributed by atoms with van der Waals surface area (Å²) < 4.78 is 0. The minimum absolute atomic E-state index is 0.0909. The Kier molecular flexibility index (Phi) is 4.05. The predicted octanol–water partition coefficient (Wildman–Crippen LogP) is 2.26. The Hall–Kier alpha value is -1.49. The summed E-state index contributed by atoms with van der Waals surface area (Å²) in [5.74, 6) is 1.65. The molecule has 0 unspecified atom stereocenters. The second-order valence-corrected chi connectivity index (χ2v) is 8.10. The molecule has 3 fully saturated rings. The van der Waals surface area contributed by atoms with Gasteiger partial charge in [-0.3, -0.25) is 9.59 Å². The van der Waals surface area contributed by atoms with Gasteiger partial charge in [0.25, 0.3) is 5.91 Å². The van der Waals surface area contributed by atoms with Crippen LogP contribution in [0.2, 0.25) is 0 Å². The fraction of sp³-hybridized carbons (Fsp3) is 0.556. The van der Waals surface area contributed by atoms with E-state index < -0.39 is 0 Å². The van der Waals surface area contributed by atoms with E-state index in [1.807, 2.05) is 47.0 Å². The van der Waals surface area contributed by atoms with Crippen LogP contribution >= 0.6 is 11.8 Å². The molecule has 2 bridgehead atoms. The van der Waals surface area contributed by atoms with Crippen LogP contribution < -0.4 is 0 Å². The number of benzene rings is 1. The van der Waals surface area contributed by atoms with Gasteiger partial charge in [-0.25, -0.2) is 0 Å². The van der Waals surface area contributed by atoms with E-state index in [-0.39, 0.29) is 11.8 Å². The molecule has 23 heavy (non-hydrogen) atoms. The van der Waals surface area contributed by atoms with Crippen molar-refractivity contribution in [2.24, 2.45) is 5.92 Å². The summed E-state index contributed by atoms with van der Waals surface area (Å²) >= 11 is 2.02. The van der Waals surface area contributed by atoms with Gasteiger partial charge in [-0.05, 0) is 31.4 Å². The summed E-state index contributed by atoms with van der Waals surface area (Å²) in [6, 6.07) is 9.90. The highest BCUT2D eigenvalue weighted by Gasteiger charge is 2.43. The number of hydrogen-bond donors (Lipinski definition) is 0. The topological polar surface area (TPSA) is 40.6 Å². The molecule has 5 heteroatoms. The average molecular weight is 330 g/mol. The van der Waals surface area contributed by atoms with Crippen molar-refractivity contribution in [3.05, 3.63) is 35.9 Å². The lowest BCUT2D eigenvalue weighted by atomic mass is 9.94. The molecule has 3 aliphatic heterocycles. The number of carbonyl (C=O) groups excluding carboxylic acids is 2. The lowest BCUT2D eigenvalue weighted by molar-refractivity contribution is -0.137. The first-order chi connectivity index (χ1) is 11.2. The highest BCUT2D eigenvalue weighted by Crippen LogP contribution is 2.38. The van der Waals surface area contributed by atoms with E-state index in [2.05, 4.69) is 4.90 Å². The van der Waals surface area contributed by atoms with Crippen molar-refractivity contribution in [1.82, 2.24) is 9.80 Å². The molecular weight excluding hydrogens is 308 g/mol. The molecule has 0 spiro atoms. The van der Waals surface area contributed by atoms with Crippen LogP contribution in [0.15, 0.2) is 30.3 Å². The number of hydrogen-bond acceptors (Lipinski definition) is 3. The standard InChI is InChI=1S/C18H22N2O2S/c21-17(13-4-2-1-3-5-13)19-8-6-14(7-9-19)18(22)20-11-16-10-15(20)12-23-16/h1-5,14-16H,6-12H2/t15-,16+/m0/s1. The van der Waals surface area contributed by atoms with Crippen molar-refractivity contribution in [2.45, 2.75) is 30.6 Å². The molecule has 4 nitrogen and oxygen atoms in total. The molecule has 0 saturated carbocycles. The maximum atomic E-state index is 12.7. The monoisotopic (exact) mass is 330 g/mol. The number of nitrogens with zero attached hydrogens (tertiary/aromatic N) is 2. The third-order valence-corrected chi connectivity index (χ3v) is 6.73. The summed E-state index contributed by atoms with van der Waals surface area (Å²) in [4.78, 5) is 29.2. The van der Waals surface area contributed by atoms with E-state index in [9.17, 15) is 9.59 Å². The Morgan fingerprint density at radius 3 is 2.43 bits per heavy atom. The number of thioether (sulfide) groups is 1. The average Bonchev–Trinajstić information content (AvgIpc) is 3.25. The molecule has 3 heterocycles. The molecule has 0 aliphatic carbocycles. The van der Waals surface area contributed by atoms with Gasteiger partial charge in [0.2, 0.25) is 5.91 Å². The first-order valence-corrected chi connectivity index (χ1v) is 9.53. The zero-order chi connectivity index (χ0) is 15.8. The number of amides is 2. The van der Waals surface area contributed by atoms with Gasteiger partial charge >= 0.3 is 0 Å². The molecule has 2 amide bonds. The molecular formula is C18H22N2O2S. The van der Waals surface area contributed by atoms with Crippen LogP contribution in [0, 0.1) is 5.92 Å². The van der Waals surface area contributed by atoms with E-state index in [0.717, 1.165) is 30.7 Å². The zero-order valence-electron chi connectivity index (χ0n) is 13.2. The number of carbonyl (C=O) groups is 2. The fourth-order valence-electron chi connectivity index (χ4n) is 4.00. The normalized spacial score (nSPS) is 27.5. The van der Waals surface area contributed by atoms with Crippen LogP contribution in [0.4, 0.5) is 0 Å². The summed E-state index contributed by atoms with van der Waals surface area (Å²) in [6.07, 6.45) is 2.79. The molecule has 0 aromatic heterocycles. The first-order valence-electron chi connectivity index (χ1n) is 8.49. The largest absolute Gasteiger partial charge is 0.339 e. The van der Waals surface area contributed by atoms with E-state index in [0.29, 0.717) is 30.3 Å². The molecule has 1 aromatic rings. The third kappa shape index (κ3) is 2.87. The Morgan fingerprint density at radius 1 is 1.09 bits per heavy atom. The van der Waals surface area contributed by atoms with Gasteiger partial charge in [0.1, 0.15) is 0 Å². The molecule has 0 N–H and O–H groups in total. The van der Waals surface area contributed by atoms with Crippen LogP contribution in [0.25, 0.3) is 0 Å². The SMILES string of the molecule is O=C(c1ccccc1)N1CCC(C(=O)N2C[C@H]3C[C@H]2CS3)CC1. The lowest BCUT2D eigenvalue weighted by Crippen LogP contribution is -2.47. The second-order valence-electron chi connectivity index (χ2n) is 6.77.